The van der Waals surface area contributed by atoms with Crippen LogP contribution in [-0.2, 0) is 4.79 Å². The summed E-state index contributed by atoms with van der Waals surface area (Å²) in [6.45, 7) is 11.6. The van der Waals surface area contributed by atoms with E-state index in [4.69, 9.17) is 0 Å². The molecule has 0 aromatic rings. The van der Waals surface area contributed by atoms with Crippen LogP contribution in [0.1, 0.15) is 92.9 Å². The van der Waals surface area contributed by atoms with Crippen LogP contribution in [0.2, 0.25) is 0 Å². The van der Waals surface area contributed by atoms with Crippen molar-refractivity contribution >= 4 is 5.78 Å². The van der Waals surface area contributed by atoms with E-state index in [9.17, 15) is 35.4 Å². The molecular formula is C30H50O7. The number of hydrogen-bond donors (Lipinski definition) is 6. The number of hydrogen-bond acceptors (Lipinski definition) is 7. The van der Waals surface area contributed by atoms with Crippen molar-refractivity contribution in [2.75, 3.05) is 6.61 Å². The summed E-state index contributed by atoms with van der Waals surface area (Å²) >= 11 is 0. The maximum atomic E-state index is 13.6. The molecule has 4 rings (SSSR count). The Kier molecular flexibility index (Phi) is 7.39. The van der Waals surface area contributed by atoms with Crippen LogP contribution in [0.5, 0.6) is 0 Å². The zero-order valence-electron chi connectivity index (χ0n) is 23.6. The molecule has 3 saturated carbocycles. The fourth-order valence-corrected chi connectivity index (χ4v) is 9.31. The highest BCUT2D eigenvalue weighted by atomic mass is 16.3. The summed E-state index contributed by atoms with van der Waals surface area (Å²) < 4.78 is 0. The van der Waals surface area contributed by atoms with Gasteiger partial charge in [0.1, 0.15) is 0 Å². The van der Waals surface area contributed by atoms with E-state index < -0.39 is 45.8 Å². The Bertz CT molecular complexity index is 931. The molecule has 4 aliphatic carbocycles. The second-order valence-corrected chi connectivity index (χ2v) is 14.0. The molecule has 0 aromatic heterocycles. The van der Waals surface area contributed by atoms with Gasteiger partial charge < -0.3 is 30.6 Å². The molecule has 212 valence electrons. The van der Waals surface area contributed by atoms with Gasteiger partial charge in [-0.15, -0.1) is 0 Å². The highest BCUT2D eigenvalue weighted by Gasteiger charge is 2.71. The van der Waals surface area contributed by atoms with Gasteiger partial charge in [-0.05, 0) is 92.6 Å². The molecular weight excluding hydrogens is 472 g/mol. The van der Waals surface area contributed by atoms with Gasteiger partial charge in [-0.3, -0.25) is 4.79 Å². The van der Waals surface area contributed by atoms with Crippen molar-refractivity contribution in [1.29, 1.82) is 0 Å². The van der Waals surface area contributed by atoms with Gasteiger partial charge >= 0.3 is 0 Å². The number of aliphatic hydroxyl groups is 6. The third kappa shape index (κ3) is 3.93. The van der Waals surface area contributed by atoms with Crippen LogP contribution in [0.4, 0.5) is 0 Å². The highest BCUT2D eigenvalue weighted by molar-refractivity contribution is 5.97. The molecule has 0 aromatic carbocycles. The molecule has 6 N–H and O–H groups in total. The topological polar surface area (TPSA) is 138 Å². The number of carbonyl (C=O) groups is 1. The first-order valence-corrected chi connectivity index (χ1v) is 14.4. The summed E-state index contributed by atoms with van der Waals surface area (Å²) in [4.78, 5) is 13.6. The van der Waals surface area contributed by atoms with Gasteiger partial charge in [0.25, 0.3) is 0 Å². The van der Waals surface area contributed by atoms with E-state index >= 15 is 0 Å². The Morgan fingerprint density at radius 3 is 2.30 bits per heavy atom. The second-order valence-electron chi connectivity index (χ2n) is 14.0. The molecule has 12 unspecified atom stereocenters. The fourth-order valence-electron chi connectivity index (χ4n) is 9.31. The average Bonchev–Trinajstić information content (AvgIpc) is 3.12. The normalized spacial score (nSPS) is 47.7. The Balaban J connectivity index is 1.68. The molecule has 7 nitrogen and oxygen atoms in total. The molecule has 0 aliphatic heterocycles. The standard InChI is InChI=1S/C30H50O7/c1-7-18(17(2)16-31)12-25(35)29(6,36)23-9-11-30(37)20-13-24(34)28(5)15-22(33)21(32)14-27(28,4)19(20)8-10-26(23,30)3/h13,17-19,21-23,25,31-33,35-37H,7-12,14-16H2,1-6H3. The summed E-state index contributed by atoms with van der Waals surface area (Å²) in [7, 11) is 0. The predicted octanol–water partition coefficient (Wildman–Crippen LogP) is 2.74. The molecule has 3 fully saturated rings. The second kappa shape index (κ2) is 9.38. The third-order valence-corrected chi connectivity index (χ3v) is 12.4. The predicted molar refractivity (Wildman–Crippen MR) is 140 cm³/mol. The van der Waals surface area contributed by atoms with Crippen molar-refractivity contribution in [1.82, 2.24) is 0 Å². The molecule has 0 bridgehead atoms. The van der Waals surface area contributed by atoms with E-state index in [2.05, 4.69) is 0 Å². The smallest absolute Gasteiger partial charge is 0.162 e. The maximum absolute atomic E-state index is 13.6. The Morgan fingerprint density at radius 2 is 1.70 bits per heavy atom. The minimum atomic E-state index is -1.45. The first kappa shape index (κ1) is 29.2. The minimum absolute atomic E-state index is 0.0137. The van der Waals surface area contributed by atoms with E-state index in [0.29, 0.717) is 44.1 Å². The summed E-state index contributed by atoms with van der Waals surface area (Å²) in [6, 6.07) is 0. The molecule has 12 atom stereocenters. The van der Waals surface area contributed by atoms with Crippen molar-refractivity contribution in [3.63, 3.8) is 0 Å². The highest BCUT2D eigenvalue weighted by Crippen LogP contribution is 2.70. The number of rotatable bonds is 7. The van der Waals surface area contributed by atoms with Gasteiger partial charge in [0, 0.05) is 17.4 Å². The van der Waals surface area contributed by atoms with Crippen molar-refractivity contribution in [2.45, 2.75) is 122 Å². The summed E-state index contributed by atoms with van der Waals surface area (Å²) in [5.41, 5.74) is -4.18. The molecule has 7 heteroatoms. The molecule has 0 radical (unpaired) electrons. The van der Waals surface area contributed by atoms with Crippen LogP contribution < -0.4 is 0 Å². The molecule has 4 aliphatic rings. The summed E-state index contributed by atoms with van der Waals surface area (Å²) in [5, 5.41) is 66.2. The van der Waals surface area contributed by atoms with Crippen molar-refractivity contribution in [3.05, 3.63) is 11.6 Å². The first-order valence-electron chi connectivity index (χ1n) is 14.4. The van der Waals surface area contributed by atoms with Gasteiger partial charge in [0.2, 0.25) is 0 Å². The quantitative estimate of drug-likeness (QED) is 0.302. The van der Waals surface area contributed by atoms with Crippen LogP contribution >= 0.6 is 0 Å². The van der Waals surface area contributed by atoms with Gasteiger partial charge in [0.15, 0.2) is 5.78 Å². The van der Waals surface area contributed by atoms with Crippen molar-refractivity contribution < 1.29 is 35.4 Å². The Labute approximate surface area is 222 Å². The number of carbonyl (C=O) groups excluding carboxylic acids is 1. The van der Waals surface area contributed by atoms with E-state index in [1.165, 1.54) is 0 Å². The lowest BCUT2D eigenvalue weighted by molar-refractivity contribution is -0.189. The zero-order chi connectivity index (χ0) is 27.8. The number of fused-ring (bicyclic) bond motifs is 5. The van der Waals surface area contributed by atoms with Gasteiger partial charge in [-0.2, -0.15) is 0 Å². The first-order chi connectivity index (χ1) is 17.0. The van der Waals surface area contributed by atoms with Crippen molar-refractivity contribution in [3.8, 4) is 0 Å². The lowest BCUT2D eigenvalue weighted by atomic mass is 9.41. The SMILES string of the molecule is CCC(CC(O)C(C)(O)C1CCC2(O)C3=CC(=O)C4(C)CC(O)C(O)CC4(C)C3CCC12C)C(C)CO. The molecule has 0 heterocycles. The lowest BCUT2D eigenvalue weighted by Gasteiger charge is -2.63. The van der Waals surface area contributed by atoms with Gasteiger partial charge in [-0.1, -0.05) is 41.0 Å². The molecule has 0 spiro atoms. The van der Waals surface area contributed by atoms with E-state index in [0.717, 1.165) is 6.42 Å². The number of ketones is 1. The zero-order valence-corrected chi connectivity index (χ0v) is 23.6. The van der Waals surface area contributed by atoms with Crippen LogP contribution in [-0.4, -0.2) is 72.5 Å². The maximum Gasteiger partial charge on any atom is 0.162 e. The Hall–Kier alpha value is -0.830. The van der Waals surface area contributed by atoms with E-state index in [-0.39, 0.29) is 42.5 Å². The summed E-state index contributed by atoms with van der Waals surface area (Å²) in [5.74, 6) is -0.513. The van der Waals surface area contributed by atoms with Gasteiger partial charge in [0.05, 0.1) is 29.5 Å². The monoisotopic (exact) mass is 522 g/mol. The molecule has 0 saturated heterocycles. The summed E-state index contributed by atoms with van der Waals surface area (Å²) in [6.07, 6.45) is 2.67. The minimum Gasteiger partial charge on any atom is -0.396 e. The van der Waals surface area contributed by atoms with Crippen LogP contribution in [0.25, 0.3) is 0 Å². The van der Waals surface area contributed by atoms with Crippen molar-refractivity contribution in [2.24, 2.45) is 39.9 Å². The largest absolute Gasteiger partial charge is 0.396 e. The van der Waals surface area contributed by atoms with Crippen LogP contribution in [0.15, 0.2) is 11.6 Å². The van der Waals surface area contributed by atoms with Crippen LogP contribution in [0.3, 0.4) is 0 Å². The Morgan fingerprint density at radius 1 is 1.08 bits per heavy atom. The third-order valence-electron chi connectivity index (χ3n) is 12.4. The average molecular weight is 523 g/mol. The number of allylic oxidation sites excluding steroid dienone is 1. The number of aliphatic hydroxyl groups excluding tert-OH is 4. The molecule has 0 amide bonds. The van der Waals surface area contributed by atoms with Gasteiger partial charge in [-0.25, -0.2) is 0 Å². The van der Waals surface area contributed by atoms with Crippen LogP contribution in [0, 0.1) is 39.9 Å². The van der Waals surface area contributed by atoms with E-state index in [1.54, 1.807) is 13.0 Å². The van der Waals surface area contributed by atoms with E-state index in [1.807, 2.05) is 34.6 Å². The molecule has 37 heavy (non-hydrogen) atoms. The fraction of sp³-hybridized carbons (Fsp3) is 0.900. The lowest BCUT2D eigenvalue weighted by Crippen LogP contribution is -2.65.